The van der Waals surface area contributed by atoms with Crippen molar-refractivity contribution in [1.29, 1.82) is 0 Å². The fraction of sp³-hybridized carbons (Fsp3) is 0.385. The average molecular weight is 269 g/mol. The molecule has 0 fully saturated rings. The highest BCUT2D eigenvalue weighted by atomic mass is 35.5. The molecule has 2 N–H and O–H groups in total. The molecular weight excluding hydrogens is 252 g/mol. The minimum atomic E-state index is -0.544. The topological polar surface area (TPSA) is 58.2 Å². The van der Waals surface area contributed by atoms with Crippen LogP contribution in [0.5, 0.6) is 0 Å². The van der Waals surface area contributed by atoms with E-state index in [9.17, 15) is 9.59 Å². The number of nitrogens with one attached hydrogen (secondary N) is 2. The molecule has 2 amide bonds. The first kappa shape index (κ1) is 14.5. The fourth-order valence-corrected chi connectivity index (χ4v) is 1.67. The molecule has 0 aromatic heterocycles. The van der Waals surface area contributed by atoms with Crippen LogP contribution in [0, 0.1) is 0 Å². The van der Waals surface area contributed by atoms with Crippen LogP contribution >= 0.6 is 11.6 Å². The molecular formula is C13H17ClN2O2. The number of halogens is 1. The second kappa shape index (κ2) is 6.40. The Morgan fingerprint density at radius 1 is 1.11 bits per heavy atom. The lowest BCUT2D eigenvalue weighted by molar-refractivity contribution is -0.128. The maximum atomic E-state index is 11.8. The Labute approximate surface area is 112 Å². The first-order chi connectivity index (χ1) is 8.40. The van der Waals surface area contributed by atoms with Crippen molar-refractivity contribution >= 4 is 23.4 Å². The molecule has 0 saturated carbocycles. The van der Waals surface area contributed by atoms with Crippen LogP contribution in [-0.2, 0) is 9.59 Å². The number of carbonyl (C=O) groups is 2. The van der Waals surface area contributed by atoms with E-state index < -0.39 is 6.04 Å². The number of hydrogen-bond acceptors (Lipinski definition) is 2. The molecule has 0 unspecified atom stereocenters. The van der Waals surface area contributed by atoms with Gasteiger partial charge in [-0.3, -0.25) is 9.59 Å². The Kier molecular flexibility index (Phi) is 5.16. The van der Waals surface area contributed by atoms with E-state index in [0.717, 1.165) is 5.56 Å². The lowest BCUT2D eigenvalue weighted by Gasteiger charge is -2.18. The summed E-state index contributed by atoms with van der Waals surface area (Å²) in [5, 5.41) is 6.02. The van der Waals surface area contributed by atoms with Crippen LogP contribution in [0.15, 0.2) is 24.3 Å². The summed E-state index contributed by atoms with van der Waals surface area (Å²) in [6.45, 7) is 4.90. The minimum absolute atomic E-state index is 0.133. The number of carbonyl (C=O) groups excluding carboxylic acids is 2. The van der Waals surface area contributed by atoms with Gasteiger partial charge < -0.3 is 10.6 Å². The van der Waals surface area contributed by atoms with Gasteiger partial charge in [0.25, 0.3) is 0 Å². The second-order valence-corrected chi connectivity index (χ2v) is 4.64. The predicted molar refractivity (Wildman–Crippen MR) is 71.3 cm³/mol. The highest BCUT2D eigenvalue weighted by Gasteiger charge is 2.16. The van der Waals surface area contributed by atoms with Crippen molar-refractivity contribution in [3.05, 3.63) is 34.9 Å². The second-order valence-electron chi connectivity index (χ2n) is 4.20. The maximum absolute atomic E-state index is 11.8. The lowest BCUT2D eigenvalue weighted by Crippen LogP contribution is -2.44. The van der Waals surface area contributed by atoms with Crippen LogP contribution in [0.2, 0.25) is 5.02 Å². The van der Waals surface area contributed by atoms with Crippen molar-refractivity contribution in [3.8, 4) is 0 Å². The monoisotopic (exact) mass is 268 g/mol. The van der Waals surface area contributed by atoms with E-state index in [-0.39, 0.29) is 17.9 Å². The minimum Gasteiger partial charge on any atom is -0.348 e. The molecule has 1 rings (SSSR count). The van der Waals surface area contributed by atoms with Gasteiger partial charge in [-0.1, -0.05) is 23.7 Å². The van der Waals surface area contributed by atoms with Gasteiger partial charge in [0.15, 0.2) is 0 Å². The van der Waals surface area contributed by atoms with Crippen LogP contribution in [0.1, 0.15) is 32.4 Å². The van der Waals surface area contributed by atoms with Gasteiger partial charge in [-0.05, 0) is 31.5 Å². The summed E-state index contributed by atoms with van der Waals surface area (Å²) in [7, 11) is 0. The van der Waals surface area contributed by atoms with Gasteiger partial charge in [0.1, 0.15) is 6.04 Å². The molecule has 0 aliphatic carbocycles. The third-order valence-electron chi connectivity index (χ3n) is 2.54. The van der Waals surface area contributed by atoms with Gasteiger partial charge in [0.2, 0.25) is 11.8 Å². The molecule has 0 bridgehead atoms. The molecule has 98 valence electrons. The Bertz CT molecular complexity index is 431. The Morgan fingerprint density at radius 3 is 2.17 bits per heavy atom. The summed E-state index contributed by atoms with van der Waals surface area (Å²) < 4.78 is 0. The number of amides is 2. The van der Waals surface area contributed by atoms with E-state index >= 15 is 0 Å². The summed E-state index contributed by atoms with van der Waals surface area (Å²) in [5.41, 5.74) is 0.961. The SMILES string of the molecule is CC(=O)N[C@@H](C)C(=O)N[C@H](C)c1ccc(Cl)cc1. The van der Waals surface area contributed by atoms with Gasteiger partial charge in [-0.15, -0.1) is 0 Å². The van der Waals surface area contributed by atoms with Gasteiger partial charge in [0, 0.05) is 11.9 Å². The molecule has 0 spiro atoms. The summed E-state index contributed by atoms with van der Waals surface area (Å²) >= 11 is 5.79. The van der Waals surface area contributed by atoms with E-state index in [2.05, 4.69) is 10.6 Å². The molecule has 0 radical (unpaired) electrons. The van der Waals surface area contributed by atoms with Crippen molar-refractivity contribution in [3.63, 3.8) is 0 Å². The van der Waals surface area contributed by atoms with Crippen molar-refractivity contribution in [2.45, 2.75) is 32.9 Å². The maximum Gasteiger partial charge on any atom is 0.242 e. The first-order valence-electron chi connectivity index (χ1n) is 5.73. The van der Waals surface area contributed by atoms with Crippen molar-refractivity contribution < 1.29 is 9.59 Å². The Morgan fingerprint density at radius 2 is 1.67 bits per heavy atom. The number of benzene rings is 1. The summed E-state index contributed by atoms with van der Waals surface area (Å²) in [4.78, 5) is 22.6. The van der Waals surface area contributed by atoms with Crippen LogP contribution in [-0.4, -0.2) is 17.9 Å². The summed E-state index contributed by atoms with van der Waals surface area (Å²) in [6, 6.07) is 6.59. The third-order valence-corrected chi connectivity index (χ3v) is 2.79. The first-order valence-corrected chi connectivity index (χ1v) is 6.11. The highest BCUT2D eigenvalue weighted by molar-refractivity contribution is 6.30. The molecule has 0 heterocycles. The standard InChI is InChI=1S/C13H17ClN2O2/c1-8(11-4-6-12(14)7-5-11)16-13(18)9(2)15-10(3)17/h4-9H,1-3H3,(H,15,17)(H,16,18)/t8-,9+/m1/s1. The Balaban J connectivity index is 2.59. The van der Waals surface area contributed by atoms with Gasteiger partial charge in [-0.25, -0.2) is 0 Å². The molecule has 5 heteroatoms. The van der Waals surface area contributed by atoms with Crippen molar-refractivity contribution in [2.75, 3.05) is 0 Å². The van der Waals surface area contributed by atoms with Crippen LogP contribution in [0.3, 0.4) is 0 Å². The van der Waals surface area contributed by atoms with E-state index in [1.54, 1.807) is 19.1 Å². The summed E-state index contributed by atoms with van der Waals surface area (Å²) in [6.07, 6.45) is 0. The molecule has 2 atom stereocenters. The van der Waals surface area contributed by atoms with Gasteiger partial charge >= 0.3 is 0 Å². The van der Waals surface area contributed by atoms with Crippen LogP contribution in [0.25, 0.3) is 0 Å². The van der Waals surface area contributed by atoms with Crippen molar-refractivity contribution in [2.24, 2.45) is 0 Å². The molecule has 1 aromatic carbocycles. The molecule has 4 nitrogen and oxygen atoms in total. The molecule has 18 heavy (non-hydrogen) atoms. The van der Waals surface area contributed by atoms with E-state index in [1.807, 2.05) is 19.1 Å². The summed E-state index contributed by atoms with van der Waals surface area (Å²) in [5.74, 6) is -0.440. The number of rotatable bonds is 4. The quantitative estimate of drug-likeness (QED) is 0.878. The lowest BCUT2D eigenvalue weighted by atomic mass is 10.1. The highest BCUT2D eigenvalue weighted by Crippen LogP contribution is 2.15. The number of hydrogen-bond donors (Lipinski definition) is 2. The van der Waals surface area contributed by atoms with E-state index in [0.29, 0.717) is 5.02 Å². The van der Waals surface area contributed by atoms with Crippen LogP contribution < -0.4 is 10.6 Å². The predicted octanol–water partition coefficient (Wildman–Crippen LogP) is 2.04. The van der Waals surface area contributed by atoms with E-state index in [4.69, 9.17) is 11.6 Å². The van der Waals surface area contributed by atoms with Crippen molar-refractivity contribution in [1.82, 2.24) is 10.6 Å². The molecule has 1 aromatic rings. The van der Waals surface area contributed by atoms with Gasteiger partial charge in [0.05, 0.1) is 6.04 Å². The largest absolute Gasteiger partial charge is 0.348 e. The Hall–Kier alpha value is -1.55. The zero-order valence-corrected chi connectivity index (χ0v) is 11.4. The average Bonchev–Trinajstić information content (AvgIpc) is 2.28. The van der Waals surface area contributed by atoms with Gasteiger partial charge in [-0.2, -0.15) is 0 Å². The normalized spacial score (nSPS) is 13.6. The molecule has 0 aliphatic heterocycles. The third kappa shape index (κ3) is 4.37. The molecule has 0 aliphatic rings. The zero-order valence-electron chi connectivity index (χ0n) is 10.7. The smallest absolute Gasteiger partial charge is 0.242 e. The fourth-order valence-electron chi connectivity index (χ4n) is 1.54. The zero-order chi connectivity index (χ0) is 13.7. The molecule has 0 saturated heterocycles. The van der Waals surface area contributed by atoms with E-state index in [1.165, 1.54) is 6.92 Å². The van der Waals surface area contributed by atoms with Crippen LogP contribution in [0.4, 0.5) is 0 Å².